The van der Waals surface area contributed by atoms with E-state index in [0.717, 1.165) is 19.5 Å². The molecule has 4 nitrogen and oxygen atoms in total. The number of nitrogens with zero attached hydrogens (tertiary/aromatic N) is 1. The van der Waals surface area contributed by atoms with Crippen molar-refractivity contribution in [3.05, 3.63) is 0 Å². The minimum atomic E-state index is -0.770. The van der Waals surface area contributed by atoms with E-state index in [-0.39, 0.29) is 0 Å². The van der Waals surface area contributed by atoms with Crippen LogP contribution in [0.3, 0.4) is 0 Å². The third-order valence-electron chi connectivity index (χ3n) is 2.77. The maximum atomic E-state index is 10.9. The van der Waals surface area contributed by atoms with Gasteiger partial charge in [0.2, 0.25) is 0 Å². The van der Waals surface area contributed by atoms with E-state index < -0.39 is 12.0 Å². The molecule has 82 valence electrons. The Kier molecular flexibility index (Phi) is 4.35. The first-order valence-corrected chi connectivity index (χ1v) is 5.19. The molecule has 0 aromatic rings. The lowest BCUT2D eigenvalue weighted by molar-refractivity contribution is -0.150. The number of hydrogen-bond acceptors (Lipinski definition) is 3. The molecule has 1 rings (SSSR count). The van der Waals surface area contributed by atoms with E-state index in [2.05, 4.69) is 13.8 Å². The lowest BCUT2D eigenvalue weighted by Gasteiger charge is -2.34. The maximum Gasteiger partial charge on any atom is 0.323 e. The number of rotatable bonds is 4. The van der Waals surface area contributed by atoms with Crippen molar-refractivity contribution in [3.8, 4) is 0 Å². The largest absolute Gasteiger partial charge is 0.480 e. The van der Waals surface area contributed by atoms with Crippen LogP contribution in [0.4, 0.5) is 0 Å². The Morgan fingerprint density at radius 2 is 2.43 bits per heavy atom. The van der Waals surface area contributed by atoms with E-state index >= 15 is 0 Å². The van der Waals surface area contributed by atoms with E-state index in [1.165, 1.54) is 0 Å². The molecule has 0 saturated carbocycles. The number of carboxylic acids is 1. The highest BCUT2D eigenvalue weighted by molar-refractivity contribution is 5.73. The third kappa shape index (κ3) is 2.96. The van der Waals surface area contributed by atoms with Crippen LogP contribution in [0, 0.1) is 5.92 Å². The van der Waals surface area contributed by atoms with Crippen molar-refractivity contribution >= 4 is 5.97 Å². The molecule has 0 radical (unpaired) electrons. The second-order valence-corrected chi connectivity index (χ2v) is 3.94. The zero-order chi connectivity index (χ0) is 10.6. The molecule has 1 saturated heterocycles. The molecule has 2 unspecified atom stereocenters. The normalized spacial score (nSPS) is 26.0. The van der Waals surface area contributed by atoms with Gasteiger partial charge in [-0.05, 0) is 5.92 Å². The summed E-state index contributed by atoms with van der Waals surface area (Å²) in [4.78, 5) is 12.9. The second kappa shape index (κ2) is 5.32. The predicted octanol–water partition coefficient (Wildman–Crippen LogP) is 0.818. The Labute approximate surface area is 84.8 Å². The monoisotopic (exact) mass is 201 g/mol. The molecule has 0 amide bonds. The van der Waals surface area contributed by atoms with Gasteiger partial charge in [0.25, 0.3) is 0 Å². The zero-order valence-corrected chi connectivity index (χ0v) is 8.90. The molecular formula is C10H19NO3. The molecular weight excluding hydrogens is 182 g/mol. The summed E-state index contributed by atoms with van der Waals surface area (Å²) in [6.45, 7) is 6.85. The average Bonchev–Trinajstić information content (AvgIpc) is 2.18. The fraction of sp³-hybridized carbons (Fsp3) is 0.900. The van der Waals surface area contributed by atoms with Gasteiger partial charge >= 0.3 is 5.97 Å². The summed E-state index contributed by atoms with van der Waals surface area (Å²) in [6, 6.07) is -0.447. The molecule has 0 aromatic heterocycles. The zero-order valence-electron chi connectivity index (χ0n) is 8.90. The summed E-state index contributed by atoms with van der Waals surface area (Å²) < 4.78 is 5.17. The predicted molar refractivity (Wildman–Crippen MR) is 53.3 cm³/mol. The molecule has 0 aromatic carbocycles. The highest BCUT2D eigenvalue weighted by Gasteiger charge is 2.29. The van der Waals surface area contributed by atoms with E-state index in [1.807, 2.05) is 4.90 Å². The molecule has 1 aliphatic rings. The summed E-state index contributed by atoms with van der Waals surface area (Å²) in [5.41, 5.74) is 0. The molecule has 1 aliphatic heterocycles. The summed E-state index contributed by atoms with van der Waals surface area (Å²) in [7, 11) is 0. The number of morpholine rings is 1. The minimum Gasteiger partial charge on any atom is -0.480 e. The summed E-state index contributed by atoms with van der Waals surface area (Å²) in [6.07, 6.45) is 1.09. The molecule has 0 spiro atoms. The van der Waals surface area contributed by atoms with Crippen molar-refractivity contribution in [1.29, 1.82) is 0 Å². The standard InChI is InChI=1S/C10H19NO3/c1-3-8(2)6-11-4-5-14-7-9(11)10(12)13/h8-9H,3-7H2,1-2H3,(H,12,13). The molecule has 0 bridgehead atoms. The van der Waals surface area contributed by atoms with Gasteiger partial charge in [-0.15, -0.1) is 0 Å². The van der Waals surface area contributed by atoms with Crippen molar-refractivity contribution in [2.75, 3.05) is 26.3 Å². The van der Waals surface area contributed by atoms with Crippen LogP contribution < -0.4 is 0 Å². The van der Waals surface area contributed by atoms with Crippen LogP contribution in [-0.2, 0) is 9.53 Å². The molecule has 4 heteroatoms. The number of carboxylic acid groups (broad SMARTS) is 1. The van der Waals surface area contributed by atoms with Crippen molar-refractivity contribution < 1.29 is 14.6 Å². The van der Waals surface area contributed by atoms with Crippen LogP contribution in [0.15, 0.2) is 0 Å². The minimum absolute atomic E-state index is 0.325. The quantitative estimate of drug-likeness (QED) is 0.731. The maximum absolute atomic E-state index is 10.9. The molecule has 2 atom stereocenters. The number of carbonyl (C=O) groups is 1. The van der Waals surface area contributed by atoms with E-state index in [0.29, 0.717) is 19.1 Å². The lowest BCUT2D eigenvalue weighted by Crippen LogP contribution is -2.51. The summed E-state index contributed by atoms with van der Waals surface area (Å²) in [5, 5.41) is 8.97. The number of ether oxygens (including phenoxy) is 1. The van der Waals surface area contributed by atoms with E-state index in [9.17, 15) is 4.79 Å². The Balaban J connectivity index is 2.49. The third-order valence-corrected chi connectivity index (χ3v) is 2.77. The second-order valence-electron chi connectivity index (χ2n) is 3.94. The molecule has 14 heavy (non-hydrogen) atoms. The smallest absolute Gasteiger partial charge is 0.323 e. The first kappa shape index (κ1) is 11.5. The SMILES string of the molecule is CCC(C)CN1CCOCC1C(=O)O. The van der Waals surface area contributed by atoms with Gasteiger partial charge in [0.1, 0.15) is 6.04 Å². The topological polar surface area (TPSA) is 49.8 Å². The van der Waals surface area contributed by atoms with E-state index in [4.69, 9.17) is 9.84 Å². The van der Waals surface area contributed by atoms with Crippen molar-refractivity contribution in [2.24, 2.45) is 5.92 Å². The van der Waals surface area contributed by atoms with Crippen LogP contribution in [0.2, 0.25) is 0 Å². The van der Waals surface area contributed by atoms with E-state index in [1.54, 1.807) is 0 Å². The molecule has 1 N–H and O–H groups in total. The number of hydrogen-bond donors (Lipinski definition) is 1. The molecule has 0 aliphatic carbocycles. The van der Waals surface area contributed by atoms with Crippen LogP contribution in [0.5, 0.6) is 0 Å². The van der Waals surface area contributed by atoms with Gasteiger partial charge < -0.3 is 9.84 Å². The van der Waals surface area contributed by atoms with Gasteiger partial charge in [-0.3, -0.25) is 9.69 Å². The number of aliphatic carboxylic acids is 1. The van der Waals surface area contributed by atoms with Gasteiger partial charge in [-0.25, -0.2) is 0 Å². The lowest BCUT2D eigenvalue weighted by atomic mass is 10.1. The Morgan fingerprint density at radius 3 is 3.00 bits per heavy atom. The fourth-order valence-corrected chi connectivity index (χ4v) is 1.61. The summed E-state index contributed by atoms with van der Waals surface area (Å²) in [5.74, 6) is -0.219. The van der Waals surface area contributed by atoms with Gasteiger partial charge in [0.15, 0.2) is 0 Å². The van der Waals surface area contributed by atoms with Crippen LogP contribution in [0.1, 0.15) is 20.3 Å². The average molecular weight is 201 g/mol. The fourth-order valence-electron chi connectivity index (χ4n) is 1.61. The van der Waals surface area contributed by atoms with Gasteiger partial charge in [0, 0.05) is 13.1 Å². The van der Waals surface area contributed by atoms with Gasteiger partial charge in [-0.2, -0.15) is 0 Å². The van der Waals surface area contributed by atoms with Crippen molar-refractivity contribution in [1.82, 2.24) is 4.90 Å². The Morgan fingerprint density at radius 1 is 1.71 bits per heavy atom. The first-order chi connectivity index (χ1) is 6.65. The Hall–Kier alpha value is -0.610. The van der Waals surface area contributed by atoms with Gasteiger partial charge in [0.05, 0.1) is 13.2 Å². The molecule has 1 fully saturated rings. The van der Waals surface area contributed by atoms with Crippen molar-refractivity contribution in [2.45, 2.75) is 26.3 Å². The summed E-state index contributed by atoms with van der Waals surface area (Å²) >= 11 is 0. The van der Waals surface area contributed by atoms with Crippen LogP contribution >= 0.6 is 0 Å². The highest BCUT2D eigenvalue weighted by Crippen LogP contribution is 2.11. The molecule has 1 heterocycles. The first-order valence-electron chi connectivity index (χ1n) is 5.19. The van der Waals surface area contributed by atoms with Crippen LogP contribution in [-0.4, -0.2) is 48.3 Å². The van der Waals surface area contributed by atoms with Crippen LogP contribution in [0.25, 0.3) is 0 Å². The van der Waals surface area contributed by atoms with Gasteiger partial charge in [-0.1, -0.05) is 20.3 Å². The van der Waals surface area contributed by atoms with Crippen molar-refractivity contribution in [3.63, 3.8) is 0 Å². The highest BCUT2D eigenvalue weighted by atomic mass is 16.5. The Bertz CT molecular complexity index is 196.